The van der Waals surface area contributed by atoms with Gasteiger partial charge in [0.2, 0.25) is 6.41 Å². The Labute approximate surface area is 90.4 Å². The zero-order chi connectivity index (χ0) is 9.15. The number of ether oxygens (including phenoxy) is 1. The van der Waals surface area contributed by atoms with Crippen LogP contribution in [0, 0.1) is 0 Å². The van der Waals surface area contributed by atoms with Crippen molar-refractivity contribution in [1.29, 1.82) is 0 Å². The molecule has 2 heterocycles. The molecule has 0 unspecified atom stereocenters. The molecule has 2 saturated heterocycles. The number of carbonyl (C=O) groups is 1. The lowest BCUT2D eigenvalue weighted by molar-refractivity contribution is -0.144. The molecule has 0 atom stereocenters. The number of hydrogen-bond donors (Lipinski definition) is 1. The minimum atomic E-state index is -0.0373. The lowest BCUT2D eigenvalue weighted by atomic mass is 9.90. The molecular formula is C9H17ClN2O2. The minimum Gasteiger partial charge on any atom is -0.371 e. The van der Waals surface area contributed by atoms with Crippen molar-refractivity contribution < 1.29 is 9.53 Å². The van der Waals surface area contributed by atoms with Crippen LogP contribution in [0.4, 0.5) is 0 Å². The standard InChI is InChI=1S/C9H16N2O2.ClH/c12-8-11-5-6-13-9(7-11)1-3-10-4-2-9;/h8,10H,1-7H2;1H. The molecule has 2 fully saturated rings. The molecule has 0 aliphatic carbocycles. The highest BCUT2D eigenvalue weighted by atomic mass is 35.5. The third kappa shape index (κ3) is 2.38. The lowest BCUT2D eigenvalue weighted by Gasteiger charge is -2.43. The average molecular weight is 221 g/mol. The number of morpholine rings is 1. The molecule has 2 aliphatic heterocycles. The van der Waals surface area contributed by atoms with Crippen molar-refractivity contribution >= 4 is 18.8 Å². The zero-order valence-electron chi connectivity index (χ0n) is 8.20. The van der Waals surface area contributed by atoms with Crippen molar-refractivity contribution in [3.05, 3.63) is 0 Å². The predicted octanol–water partition coefficient (Wildman–Crippen LogP) is 0.0190. The maximum absolute atomic E-state index is 10.6. The van der Waals surface area contributed by atoms with Crippen molar-refractivity contribution in [2.45, 2.75) is 18.4 Å². The molecule has 4 nitrogen and oxygen atoms in total. The Morgan fingerprint density at radius 2 is 2.07 bits per heavy atom. The smallest absolute Gasteiger partial charge is 0.209 e. The predicted molar refractivity (Wildman–Crippen MR) is 55.7 cm³/mol. The van der Waals surface area contributed by atoms with E-state index in [1.54, 1.807) is 0 Å². The van der Waals surface area contributed by atoms with Crippen molar-refractivity contribution in [2.24, 2.45) is 0 Å². The molecule has 0 aromatic heterocycles. The van der Waals surface area contributed by atoms with Gasteiger partial charge in [-0.1, -0.05) is 0 Å². The van der Waals surface area contributed by atoms with Gasteiger partial charge in [-0.05, 0) is 25.9 Å². The Bertz CT molecular complexity index is 190. The highest BCUT2D eigenvalue weighted by Gasteiger charge is 2.37. The fourth-order valence-corrected chi connectivity index (χ4v) is 2.15. The number of rotatable bonds is 1. The quantitative estimate of drug-likeness (QED) is 0.634. The highest BCUT2D eigenvalue weighted by molar-refractivity contribution is 5.85. The van der Waals surface area contributed by atoms with Crippen LogP contribution in [0.1, 0.15) is 12.8 Å². The summed E-state index contributed by atoms with van der Waals surface area (Å²) in [6, 6.07) is 0. The number of halogens is 1. The summed E-state index contributed by atoms with van der Waals surface area (Å²) < 4.78 is 5.80. The van der Waals surface area contributed by atoms with E-state index >= 15 is 0 Å². The Morgan fingerprint density at radius 3 is 2.71 bits per heavy atom. The average Bonchev–Trinajstić information content (AvgIpc) is 2.19. The Morgan fingerprint density at radius 1 is 1.36 bits per heavy atom. The number of nitrogens with zero attached hydrogens (tertiary/aromatic N) is 1. The molecule has 2 aliphatic rings. The van der Waals surface area contributed by atoms with Crippen LogP contribution in [0.25, 0.3) is 0 Å². The largest absolute Gasteiger partial charge is 0.371 e. The number of hydrogen-bond acceptors (Lipinski definition) is 3. The molecule has 0 bridgehead atoms. The first-order chi connectivity index (χ1) is 6.35. The van der Waals surface area contributed by atoms with E-state index in [1.807, 2.05) is 4.90 Å². The fraction of sp³-hybridized carbons (Fsp3) is 0.889. The summed E-state index contributed by atoms with van der Waals surface area (Å²) in [7, 11) is 0. The molecule has 0 saturated carbocycles. The van der Waals surface area contributed by atoms with Crippen LogP contribution < -0.4 is 5.32 Å². The second-order valence-corrected chi connectivity index (χ2v) is 3.86. The number of piperidine rings is 1. The van der Waals surface area contributed by atoms with Gasteiger partial charge >= 0.3 is 0 Å². The van der Waals surface area contributed by atoms with Crippen molar-refractivity contribution in [1.82, 2.24) is 10.2 Å². The fourth-order valence-electron chi connectivity index (χ4n) is 2.15. The van der Waals surface area contributed by atoms with Crippen molar-refractivity contribution in [3.63, 3.8) is 0 Å². The van der Waals surface area contributed by atoms with Crippen LogP contribution >= 0.6 is 12.4 Å². The van der Waals surface area contributed by atoms with Crippen LogP contribution in [-0.2, 0) is 9.53 Å². The maximum Gasteiger partial charge on any atom is 0.209 e. The number of nitrogens with one attached hydrogen (secondary N) is 1. The van der Waals surface area contributed by atoms with E-state index in [0.29, 0.717) is 6.61 Å². The molecule has 0 radical (unpaired) electrons. The molecule has 1 spiro atoms. The molecule has 1 N–H and O–H groups in total. The summed E-state index contributed by atoms with van der Waals surface area (Å²) in [5.41, 5.74) is -0.0373. The second kappa shape index (κ2) is 4.96. The van der Waals surface area contributed by atoms with E-state index in [2.05, 4.69) is 5.32 Å². The molecule has 0 aromatic carbocycles. The second-order valence-electron chi connectivity index (χ2n) is 3.86. The van der Waals surface area contributed by atoms with E-state index in [4.69, 9.17) is 4.74 Å². The molecule has 1 amide bonds. The summed E-state index contributed by atoms with van der Waals surface area (Å²) in [5, 5.41) is 3.30. The Hall–Kier alpha value is -0.320. The van der Waals surface area contributed by atoms with Gasteiger partial charge < -0.3 is 15.0 Å². The van der Waals surface area contributed by atoms with E-state index in [0.717, 1.165) is 45.4 Å². The normalized spacial score (nSPS) is 25.6. The van der Waals surface area contributed by atoms with E-state index in [-0.39, 0.29) is 18.0 Å². The van der Waals surface area contributed by atoms with Gasteiger partial charge in [-0.3, -0.25) is 4.79 Å². The Kier molecular flexibility index (Phi) is 4.16. The summed E-state index contributed by atoms with van der Waals surface area (Å²) in [6.45, 7) is 4.23. The van der Waals surface area contributed by atoms with Gasteiger partial charge in [0.15, 0.2) is 0 Å². The summed E-state index contributed by atoms with van der Waals surface area (Å²) in [4.78, 5) is 12.5. The van der Waals surface area contributed by atoms with E-state index in [1.165, 1.54) is 0 Å². The molecule has 82 valence electrons. The maximum atomic E-state index is 10.6. The van der Waals surface area contributed by atoms with Gasteiger partial charge in [-0.25, -0.2) is 0 Å². The van der Waals surface area contributed by atoms with Gasteiger partial charge in [0.25, 0.3) is 0 Å². The summed E-state index contributed by atoms with van der Waals surface area (Å²) in [5.74, 6) is 0. The summed E-state index contributed by atoms with van der Waals surface area (Å²) in [6.07, 6.45) is 2.99. The van der Waals surface area contributed by atoms with Crippen LogP contribution in [0.2, 0.25) is 0 Å². The lowest BCUT2D eigenvalue weighted by Crippen LogP contribution is -2.55. The SMILES string of the molecule is Cl.O=CN1CCOC2(CCNCC2)C1. The van der Waals surface area contributed by atoms with Crippen LogP contribution in [0.3, 0.4) is 0 Å². The van der Waals surface area contributed by atoms with Gasteiger partial charge in [-0.2, -0.15) is 0 Å². The third-order valence-corrected chi connectivity index (χ3v) is 2.94. The molecule has 14 heavy (non-hydrogen) atoms. The van der Waals surface area contributed by atoms with Gasteiger partial charge in [0.1, 0.15) is 0 Å². The topological polar surface area (TPSA) is 41.6 Å². The first-order valence-corrected chi connectivity index (χ1v) is 4.89. The van der Waals surface area contributed by atoms with E-state index in [9.17, 15) is 4.79 Å². The minimum absolute atomic E-state index is 0. The number of carbonyl (C=O) groups excluding carboxylic acids is 1. The molecule has 2 rings (SSSR count). The first-order valence-electron chi connectivity index (χ1n) is 4.89. The van der Waals surface area contributed by atoms with Gasteiger partial charge in [0.05, 0.1) is 12.2 Å². The van der Waals surface area contributed by atoms with Crippen molar-refractivity contribution in [3.8, 4) is 0 Å². The summed E-state index contributed by atoms with van der Waals surface area (Å²) >= 11 is 0. The monoisotopic (exact) mass is 220 g/mol. The molecule has 0 aromatic rings. The van der Waals surface area contributed by atoms with Gasteiger partial charge in [-0.15, -0.1) is 12.4 Å². The van der Waals surface area contributed by atoms with E-state index < -0.39 is 0 Å². The molecular weight excluding hydrogens is 204 g/mol. The van der Waals surface area contributed by atoms with Gasteiger partial charge in [0, 0.05) is 13.1 Å². The molecule has 5 heteroatoms. The Balaban J connectivity index is 0.000000980. The van der Waals surface area contributed by atoms with Crippen LogP contribution in [0.5, 0.6) is 0 Å². The highest BCUT2D eigenvalue weighted by Crippen LogP contribution is 2.26. The third-order valence-electron chi connectivity index (χ3n) is 2.94. The zero-order valence-corrected chi connectivity index (χ0v) is 9.02. The van der Waals surface area contributed by atoms with Crippen LogP contribution in [0.15, 0.2) is 0 Å². The number of amides is 1. The first kappa shape index (κ1) is 11.8. The van der Waals surface area contributed by atoms with Crippen molar-refractivity contribution in [2.75, 3.05) is 32.8 Å². The van der Waals surface area contributed by atoms with Crippen LogP contribution in [-0.4, -0.2) is 49.7 Å².